The van der Waals surface area contributed by atoms with Gasteiger partial charge in [0.25, 0.3) is 0 Å². The van der Waals surface area contributed by atoms with Crippen LogP contribution < -0.4 is 4.90 Å². The van der Waals surface area contributed by atoms with E-state index in [4.69, 9.17) is 10.4 Å². The maximum atomic E-state index is 10.8. The van der Waals surface area contributed by atoms with E-state index in [2.05, 4.69) is 16.3 Å². The van der Waals surface area contributed by atoms with Gasteiger partial charge in [-0.2, -0.15) is 5.26 Å². The Labute approximate surface area is 132 Å². The molecule has 0 aliphatic rings. The van der Waals surface area contributed by atoms with Gasteiger partial charge in [0, 0.05) is 13.1 Å². The van der Waals surface area contributed by atoms with Crippen LogP contribution in [0.1, 0.15) is 29.5 Å². The Balaban J connectivity index is 2.19. The van der Waals surface area contributed by atoms with Crippen LogP contribution in [0.25, 0.3) is 0 Å². The number of aromatic nitrogens is 2. The maximum Gasteiger partial charge on any atom is 0.305 e. The van der Waals surface area contributed by atoms with Gasteiger partial charge in [-0.25, -0.2) is 0 Å². The second-order valence-electron chi connectivity index (χ2n) is 4.71. The molecule has 0 radical (unpaired) electrons. The third-order valence-corrected chi connectivity index (χ3v) is 4.18. The van der Waals surface area contributed by atoms with Crippen molar-refractivity contribution in [2.45, 2.75) is 26.3 Å². The molecule has 1 N–H and O–H groups in total. The van der Waals surface area contributed by atoms with Crippen LogP contribution in [0.3, 0.4) is 0 Å². The Morgan fingerprint density at radius 1 is 1.45 bits per heavy atom. The average molecular weight is 316 g/mol. The van der Waals surface area contributed by atoms with Crippen molar-refractivity contribution in [2.75, 3.05) is 11.4 Å². The minimum Gasteiger partial charge on any atom is -0.481 e. The number of benzene rings is 1. The molecule has 0 fully saturated rings. The second-order valence-corrected chi connectivity index (χ2v) is 5.75. The summed E-state index contributed by atoms with van der Waals surface area (Å²) < 4.78 is 0. The van der Waals surface area contributed by atoms with Gasteiger partial charge >= 0.3 is 5.97 Å². The van der Waals surface area contributed by atoms with Crippen LogP contribution in [0.4, 0.5) is 5.13 Å². The van der Waals surface area contributed by atoms with Crippen molar-refractivity contribution in [1.82, 2.24) is 10.2 Å². The molecule has 0 amide bonds. The third-order valence-electron chi connectivity index (χ3n) is 3.05. The zero-order valence-corrected chi connectivity index (χ0v) is 13.0. The number of carbonyl (C=O) groups is 1. The topological polar surface area (TPSA) is 90.1 Å². The van der Waals surface area contributed by atoms with Crippen molar-refractivity contribution in [2.24, 2.45) is 0 Å². The predicted molar refractivity (Wildman–Crippen MR) is 83.7 cm³/mol. The van der Waals surface area contributed by atoms with Gasteiger partial charge in [-0.15, -0.1) is 10.2 Å². The summed E-state index contributed by atoms with van der Waals surface area (Å²) in [6.07, 6.45) is 0.827. The van der Waals surface area contributed by atoms with Gasteiger partial charge in [-0.3, -0.25) is 4.79 Å². The molecule has 0 saturated heterocycles. The Kier molecular flexibility index (Phi) is 5.44. The lowest BCUT2D eigenvalue weighted by molar-refractivity contribution is -0.136. The number of aryl methyl sites for hydroxylation is 1. The number of aliphatic carboxylic acids is 1. The lowest BCUT2D eigenvalue weighted by atomic mass is 10.1. The first-order valence-corrected chi connectivity index (χ1v) is 7.72. The first kappa shape index (κ1) is 15.9. The summed E-state index contributed by atoms with van der Waals surface area (Å²) in [6.45, 7) is 2.86. The van der Waals surface area contributed by atoms with Crippen molar-refractivity contribution in [1.29, 1.82) is 5.26 Å². The average Bonchev–Trinajstić information content (AvgIpc) is 3.00. The van der Waals surface area contributed by atoms with Crippen molar-refractivity contribution in [3.05, 3.63) is 40.4 Å². The monoisotopic (exact) mass is 316 g/mol. The molecule has 1 aromatic carbocycles. The molecular weight excluding hydrogens is 300 g/mol. The molecule has 2 aromatic rings. The third kappa shape index (κ3) is 4.27. The van der Waals surface area contributed by atoms with Crippen LogP contribution in [0.5, 0.6) is 0 Å². The summed E-state index contributed by atoms with van der Waals surface area (Å²) in [5.41, 5.74) is 1.53. The number of nitriles is 1. The van der Waals surface area contributed by atoms with Crippen molar-refractivity contribution in [3.63, 3.8) is 0 Å². The molecule has 7 heteroatoms. The summed E-state index contributed by atoms with van der Waals surface area (Å²) in [5.74, 6) is -0.851. The molecule has 0 aliphatic carbocycles. The first-order chi connectivity index (χ1) is 10.6. The molecule has 6 nitrogen and oxygen atoms in total. The first-order valence-electron chi connectivity index (χ1n) is 6.90. The van der Waals surface area contributed by atoms with Crippen LogP contribution in [0.15, 0.2) is 24.3 Å². The molecule has 0 spiro atoms. The van der Waals surface area contributed by atoms with Crippen molar-refractivity contribution in [3.8, 4) is 6.07 Å². The zero-order valence-electron chi connectivity index (χ0n) is 12.2. The minimum absolute atomic E-state index is 0.0268. The summed E-state index contributed by atoms with van der Waals surface area (Å²) in [6, 6.07) is 9.38. The molecule has 114 valence electrons. The van der Waals surface area contributed by atoms with Gasteiger partial charge in [-0.1, -0.05) is 30.4 Å². The fourth-order valence-corrected chi connectivity index (χ4v) is 2.75. The number of carboxylic acid groups (broad SMARTS) is 1. The summed E-state index contributed by atoms with van der Waals surface area (Å²) in [5, 5.41) is 27.7. The van der Waals surface area contributed by atoms with Gasteiger partial charge in [-0.05, 0) is 24.1 Å². The van der Waals surface area contributed by atoms with E-state index in [0.717, 1.165) is 17.0 Å². The second kappa shape index (κ2) is 7.52. The lowest BCUT2D eigenvalue weighted by Gasteiger charge is -2.20. The smallest absolute Gasteiger partial charge is 0.305 e. The van der Waals surface area contributed by atoms with E-state index >= 15 is 0 Å². The highest BCUT2D eigenvalue weighted by molar-refractivity contribution is 7.15. The fourth-order valence-electron chi connectivity index (χ4n) is 1.95. The molecule has 1 aromatic heterocycles. The van der Waals surface area contributed by atoms with Gasteiger partial charge < -0.3 is 10.0 Å². The molecular formula is C15H16N4O2S. The highest BCUT2D eigenvalue weighted by Gasteiger charge is 2.14. The number of rotatable bonds is 7. The van der Waals surface area contributed by atoms with E-state index in [1.54, 1.807) is 12.1 Å². The number of hydrogen-bond acceptors (Lipinski definition) is 6. The molecule has 0 unspecified atom stereocenters. The molecule has 0 bridgehead atoms. The van der Waals surface area contributed by atoms with Crippen molar-refractivity contribution >= 4 is 22.4 Å². The number of carboxylic acids is 1. The SMILES string of the molecule is CCc1nnc(N(CCC(=O)O)Cc2cccc(C#N)c2)s1. The summed E-state index contributed by atoms with van der Waals surface area (Å²) in [7, 11) is 0. The van der Waals surface area contributed by atoms with Gasteiger partial charge in [0.1, 0.15) is 5.01 Å². The lowest BCUT2D eigenvalue weighted by Crippen LogP contribution is -2.25. The van der Waals surface area contributed by atoms with Crippen LogP contribution in [-0.2, 0) is 17.8 Å². The highest BCUT2D eigenvalue weighted by atomic mass is 32.1. The van der Waals surface area contributed by atoms with E-state index in [1.165, 1.54) is 11.3 Å². The van der Waals surface area contributed by atoms with Crippen LogP contribution in [-0.4, -0.2) is 27.8 Å². The minimum atomic E-state index is -0.851. The molecule has 0 atom stereocenters. The van der Waals surface area contributed by atoms with Gasteiger partial charge in [0.05, 0.1) is 18.1 Å². The zero-order chi connectivity index (χ0) is 15.9. The molecule has 2 rings (SSSR count). The Hall–Kier alpha value is -2.46. The number of nitrogens with zero attached hydrogens (tertiary/aromatic N) is 4. The van der Waals surface area contributed by atoms with E-state index < -0.39 is 5.97 Å². The fraction of sp³-hybridized carbons (Fsp3) is 0.333. The van der Waals surface area contributed by atoms with Gasteiger partial charge in [0.15, 0.2) is 0 Å². The Morgan fingerprint density at radius 2 is 2.27 bits per heavy atom. The quantitative estimate of drug-likeness (QED) is 0.844. The maximum absolute atomic E-state index is 10.8. The normalized spacial score (nSPS) is 10.2. The van der Waals surface area contributed by atoms with Crippen molar-refractivity contribution < 1.29 is 9.90 Å². The van der Waals surface area contributed by atoms with Crippen LogP contribution in [0, 0.1) is 11.3 Å². The molecule has 1 heterocycles. The Morgan fingerprint density at radius 3 is 2.91 bits per heavy atom. The Bertz CT molecular complexity index is 693. The van der Waals surface area contributed by atoms with Crippen LogP contribution >= 0.6 is 11.3 Å². The van der Waals surface area contributed by atoms with E-state index in [1.807, 2.05) is 24.0 Å². The molecule has 0 saturated carbocycles. The van der Waals surface area contributed by atoms with Crippen LogP contribution in [0.2, 0.25) is 0 Å². The summed E-state index contributed by atoms with van der Waals surface area (Å²) >= 11 is 1.47. The largest absolute Gasteiger partial charge is 0.481 e. The van der Waals surface area contributed by atoms with E-state index in [9.17, 15) is 4.79 Å². The van der Waals surface area contributed by atoms with Gasteiger partial charge in [0.2, 0.25) is 5.13 Å². The van der Waals surface area contributed by atoms with E-state index in [-0.39, 0.29) is 6.42 Å². The summed E-state index contributed by atoms with van der Waals surface area (Å²) in [4.78, 5) is 12.7. The highest BCUT2D eigenvalue weighted by Crippen LogP contribution is 2.23. The molecule has 22 heavy (non-hydrogen) atoms. The van der Waals surface area contributed by atoms with E-state index in [0.29, 0.717) is 23.8 Å². The number of hydrogen-bond donors (Lipinski definition) is 1. The molecule has 0 aliphatic heterocycles. The number of anilines is 1. The predicted octanol–water partition coefficient (Wildman–Crippen LogP) is 2.45. The standard InChI is InChI=1S/C15H16N4O2S/c1-2-13-17-18-15(22-13)19(7-6-14(20)21)10-12-5-3-4-11(8-12)9-16/h3-5,8H,2,6-7,10H2,1H3,(H,20,21).